The molecular weight excluding hydrogens is 204 g/mol. The molecule has 16 heavy (non-hydrogen) atoms. The molecule has 0 radical (unpaired) electrons. The van der Waals surface area contributed by atoms with Crippen LogP contribution in [-0.2, 0) is 0 Å². The van der Waals surface area contributed by atoms with Gasteiger partial charge in [-0.15, -0.1) is 0 Å². The van der Waals surface area contributed by atoms with Gasteiger partial charge in [-0.3, -0.25) is 0 Å². The first-order chi connectivity index (χ1) is 7.39. The van der Waals surface area contributed by atoms with Crippen molar-refractivity contribution in [2.45, 2.75) is 12.5 Å². The zero-order valence-electron chi connectivity index (χ0n) is 10.1. The van der Waals surface area contributed by atoms with E-state index in [4.69, 9.17) is 5.73 Å². The van der Waals surface area contributed by atoms with Gasteiger partial charge in [0.2, 0.25) is 0 Å². The largest absolute Gasteiger partial charge is 0.387 e. The highest BCUT2D eigenvalue weighted by molar-refractivity contribution is 5.42. The first kappa shape index (κ1) is 12.7. The summed E-state index contributed by atoms with van der Waals surface area (Å²) in [6.45, 7) is 2.80. The van der Waals surface area contributed by atoms with Crippen LogP contribution in [0.15, 0.2) is 18.2 Å². The maximum Gasteiger partial charge on any atom is 0.128 e. The van der Waals surface area contributed by atoms with E-state index in [9.17, 15) is 5.11 Å². The Bertz CT molecular complexity index is 339. The minimum atomic E-state index is -0.796. The van der Waals surface area contributed by atoms with Crippen molar-refractivity contribution in [2.24, 2.45) is 0 Å². The SMILES string of the molecule is CN(C)CC(C)(O)CNc1cccc(N)n1. The molecule has 1 aromatic heterocycles. The van der Waals surface area contributed by atoms with Crippen molar-refractivity contribution in [3.05, 3.63) is 18.2 Å². The molecule has 0 aliphatic heterocycles. The van der Waals surface area contributed by atoms with Crippen LogP contribution < -0.4 is 11.1 Å². The minimum absolute atomic E-state index is 0.432. The van der Waals surface area contributed by atoms with Gasteiger partial charge in [0, 0.05) is 13.1 Å². The zero-order valence-corrected chi connectivity index (χ0v) is 10.1. The van der Waals surface area contributed by atoms with E-state index in [1.165, 1.54) is 0 Å². The van der Waals surface area contributed by atoms with Crippen LogP contribution in [0.25, 0.3) is 0 Å². The Morgan fingerprint density at radius 1 is 1.50 bits per heavy atom. The van der Waals surface area contributed by atoms with Gasteiger partial charge in [-0.05, 0) is 33.2 Å². The molecule has 90 valence electrons. The summed E-state index contributed by atoms with van der Waals surface area (Å²) in [5.74, 6) is 1.15. The fourth-order valence-corrected chi connectivity index (χ4v) is 1.57. The topological polar surface area (TPSA) is 74.4 Å². The number of rotatable bonds is 5. The van der Waals surface area contributed by atoms with Crippen LogP contribution in [-0.4, -0.2) is 47.8 Å². The molecule has 1 atom stereocenters. The Kier molecular flexibility index (Phi) is 4.09. The van der Waals surface area contributed by atoms with Crippen molar-refractivity contribution < 1.29 is 5.11 Å². The monoisotopic (exact) mass is 224 g/mol. The number of pyridine rings is 1. The number of anilines is 2. The van der Waals surface area contributed by atoms with E-state index in [1.807, 2.05) is 31.1 Å². The number of nitrogens with one attached hydrogen (secondary N) is 1. The van der Waals surface area contributed by atoms with E-state index in [-0.39, 0.29) is 0 Å². The number of nitrogens with two attached hydrogens (primary N) is 1. The molecule has 1 rings (SSSR count). The normalized spacial score (nSPS) is 14.8. The van der Waals surface area contributed by atoms with Crippen molar-refractivity contribution >= 4 is 11.6 Å². The van der Waals surface area contributed by atoms with Gasteiger partial charge in [-0.25, -0.2) is 4.98 Å². The van der Waals surface area contributed by atoms with Gasteiger partial charge in [0.15, 0.2) is 0 Å². The maximum atomic E-state index is 10.1. The lowest BCUT2D eigenvalue weighted by atomic mass is 10.1. The number of nitrogens with zero attached hydrogens (tertiary/aromatic N) is 2. The van der Waals surface area contributed by atoms with Gasteiger partial charge >= 0.3 is 0 Å². The van der Waals surface area contributed by atoms with Crippen LogP contribution in [0.4, 0.5) is 11.6 Å². The zero-order chi connectivity index (χ0) is 12.2. The summed E-state index contributed by atoms with van der Waals surface area (Å²) in [5.41, 5.74) is 4.76. The molecule has 0 aliphatic carbocycles. The number of aromatic nitrogens is 1. The van der Waals surface area contributed by atoms with Crippen LogP contribution in [0.2, 0.25) is 0 Å². The molecule has 1 unspecified atom stereocenters. The lowest BCUT2D eigenvalue weighted by Crippen LogP contribution is -2.43. The molecule has 0 bridgehead atoms. The smallest absolute Gasteiger partial charge is 0.128 e. The molecule has 0 aromatic carbocycles. The summed E-state index contributed by atoms with van der Waals surface area (Å²) >= 11 is 0. The quantitative estimate of drug-likeness (QED) is 0.674. The van der Waals surface area contributed by atoms with Gasteiger partial charge in [0.25, 0.3) is 0 Å². The van der Waals surface area contributed by atoms with Crippen molar-refractivity contribution in [3.8, 4) is 0 Å². The molecule has 1 heterocycles. The average Bonchev–Trinajstić information content (AvgIpc) is 2.13. The van der Waals surface area contributed by atoms with Crippen LogP contribution in [0.3, 0.4) is 0 Å². The maximum absolute atomic E-state index is 10.1. The average molecular weight is 224 g/mol. The molecule has 5 heteroatoms. The summed E-state index contributed by atoms with van der Waals surface area (Å²) in [6.07, 6.45) is 0. The summed E-state index contributed by atoms with van der Waals surface area (Å²) in [7, 11) is 3.85. The third kappa shape index (κ3) is 4.46. The van der Waals surface area contributed by atoms with Gasteiger partial charge in [0.05, 0.1) is 5.60 Å². The predicted molar refractivity (Wildman–Crippen MR) is 66.3 cm³/mol. The number of hydrogen-bond acceptors (Lipinski definition) is 5. The predicted octanol–water partition coefficient (Wildman–Crippen LogP) is 0.388. The Morgan fingerprint density at radius 3 is 2.75 bits per heavy atom. The molecular formula is C11H20N4O. The molecule has 0 spiro atoms. The van der Waals surface area contributed by atoms with E-state index in [0.29, 0.717) is 24.7 Å². The van der Waals surface area contributed by atoms with E-state index < -0.39 is 5.60 Å². The lowest BCUT2D eigenvalue weighted by Gasteiger charge is -2.27. The first-order valence-corrected chi connectivity index (χ1v) is 5.22. The van der Waals surface area contributed by atoms with Gasteiger partial charge in [0.1, 0.15) is 11.6 Å². The minimum Gasteiger partial charge on any atom is -0.387 e. The number of nitrogen functional groups attached to an aromatic ring is 1. The van der Waals surface area contributed by atoms with E-state index >= 15 is 0 Å². The van der Waals surface area contributed by atoms with Crippen LogP contribution >= 0.6 is 0 Å². The standard InChI is InChI=1S/C11H20N4O/c1-11(16,8-15(2)3)7-13-10-6-4-5-9(12)14-10/h4-6,16H,7-8H2,1-3H3,(H3,12,13,14). The molecule has 4 N–H and O–H groups in total. The van der Waals surface area contributed by atoms with Crippen molar-refractivity contribution in [2.75, 3.05) is 38.2 Å². The van der Waals surface area contributed by atoms with Crippen LogP contribution in [0.1, 0.15) is 6.92 Å². The van der Waals surface area contributed by atoms with Gasteiger partial charge in [-0.1, -0.05) is 6.07 Å². The van der Waals surface area contributed by atoms with Crippen molar-refractivity contribution in [1.82, 2.24) is 9.88 Å². The number of likely N-dealkylation sites (N-methyl/N-ethyl adjacent to an activating group) is 1. The third-order valence-corrected chi connectivity index (χ3v) is 2.08. The first-order valence-electron chi connectivity index (χ1n) is 5.22. The molecule has 1 aromatic rings. The Hall–Kier alpha value is -1.33. The molecule has 0 amide bonds. The fourth-order valence-electron chi connectivity index (χ4n) is 1.57. The molecule has 0 aliphatic rings. The highest BCUT2D eigenvalue weighted by atomic mass is 16.3. The van der Waals surface area contributed by atoms with E-state index in [1.54, 1.807) is 13.0 Å². The van der Waals surface area contributed by atoms with E-state index in [0.717, 1.165) is 0 Å². The van der Waals surface area contributed by atoms with Gasteiger partial charge in [-0.2, -0.15) is 0 Å². The fraction of sp³-hybridized carbons (Fsp3) is 0.545. The Morgan fingerprint density at radius 2 is 2.19 bits per heavy atom. The second-order valence-corrected chi connectivity index (χ2v) is 4.54. The summed E-state index contributed by atoms with van der Waals surface area (Å²) in [5, 5.41) is 13.1. The van der Waals surface area contributed by atoms with E-state index in [2.05, 4.69) is 10.3 Å². The van der Waals surface area contributed by atoms with Crippen LogP contribution in [0, 0.1) is 0 Å². The number of aliphatic hydroxyl groups is 1. The summed E-state index contributed by atoms with van der Waals surface area (Å²) in [4.78, 5) is 6.04. The summed E-state index contributed by atoms with van der Waals surface area (Å²) < 4.78 is 0. The third-order valence-electron chi connectivity index (χ3n) is 2.08. The molecule has 0 fully saturated rings. The second kappa shape index (κ2) is 5.14. The van der Waals surface area contributed by atoms with Gasteiger partial charge < -0.3 is 21.1 Å². The molecule has 5 nitrogen and oxygen atoms in total. The highest BCUT2D eigenvalue weighted by Gasteiger charge is 2.20. The molecule has 0 saturated carbocycles. The highest BCUT2D eigenvalue weighted by Crippen LogP contribution is 2.09. The van der Waals surface area contributed by atoms with Crippen molar-refractivity contribution in [3.63, 3.8) is 0 Å². The molecule has 0 saturated heterocycles. The Balaban J connectivity index is 2.50. The Labute approximate surface area is 96.3 Å². The van der Waals surface area contributed by atoms with Crippen molar-refractivity contribution in [1.29, 1.82) is 0 Å². The lowest BCUT2D eigenvalue weighted by molar-refractivity contribution is 0.0459. The number of hydrogen-bond donors (Lipinski definition) is 3. The summed E-state index contributed by atoms with van der Waals surface area (Å²) in [6, 6.07) is 5.37. The van der Waals surface area contributed by atoms with Crippen LogP contribution in [0.5, 0.6) is 0 Å². The second-order valence-electron chi connectivity index (χ2n) is 4.54.